The van der Waals surface area contributed by atoms with E-state index in [0.717, 1.165) is 12.8 Å². The van der Waals surface area contributed by atoms with Crippen LogP contribution in [0.3, 0.4) is 0 Å². The molecule has 1 aliphatic carbocycles. The van der Waals surface area contributed by atoms with Crippen LogP contribution in [0.25, 0.3) is 0 Å². The van der Waals surface area contributed by atoms with Gasteiger partial charge in [-0.05, 0) is 57.6 Å². The SMILES string of the molecule is CCC(CC)O[C@@H]1C=C(C(=O)c2cccs2)C[C@H](NC(=O)OC(C)(C)C)[C@H]1NC(C)=O. The maximum Gasteiger partial charge on any atom is 0.407 e. The molecule has 0 fully saturated rings. The third-order valence-electron chi connectivity index (χ3n) is 4.96. The summed E-state index contributed by atoms with van der Waals surface area (Å²) in [5.41, 5.74) is -0.111. The molecule has 0 aliphatic heterocycles. The zero-order valence-electron chi connectivity index (χ0n) is 19.2. The molecule has 0 saturated heterocycles. The fraction of sp³-hybridized carbons (Fsp3) is 0.609. The number of ether oxygens (including phenoxy) is 2. The lowest BCUT2D eigenvalue weighted by Gasteiger charge is -2.39. The van der Waals surface area contributed by atoms with E-state index >= 15 is 0 Å². The molecule has 7 nitrogen and oxygen atoms in total. The first-order valence-electron chi connectivity index (χ1n) is 10.7. The second kappa shape index (κ2) is 10.9. The molecule has 1 aromatic rings. The third kappa shape index (κ3) is 7.47. The van der Waals surface area contributed by atoms with Gasteiger partial charge >= 0.3 is 6.09 Å². The summed E-state index contributed by atoms with van der Waals surface area (Å²) in [5, 5.41) is 7.62. The third-order valence-corrected chi connectivity index (χ3v) is 5.83. The van der Waals surface area contributed by atoms with Gasteiger partial charge in [0.2, 0.25) is 5.91 Å². The summed E-state index contributed by atoms with van der Waals surface area (Å²) in [6, 6.07) is 2.53. The fourth-order valence-electron chi connectivity index (χ4n) is 3.54. The minimum Gasteiger partial charge on any atom is -0.444 e. The van der Waals surface area contributed by atoms with Crippen molar-refractivity contribution in [3.05, 3.63) is 34.0 Å². The Morgan fingerprint density at radius 2 is 1.87 bits per heavy atom. The molecule has 1 aliphatic rings. The molecule has 8 heteroatoms. The van der Waals surface area contributed by atoms with Crippen molar-refractivity contribution in [2.24, 2.45) is 0 Å². The molecule has 1 aromatic heterocycles. The number of carbonyl (C=O) groups excluding carboxylic acids is 3. The molecule has 0 aromatic carbocycles. The summed E-state index contributed by atoms with van der Waals surface area (Å²) < 4.78 is 11.7. The maximum absolute atomic E-state index is 13.1. The molecule has 0 radical (unpaired) electrons. The molecule has 2 amide bonds. The topological polar surface area (TPSA) is 93.7 Å². The van der Waals surface area contributed by atoms with E-state index in [4.69, 9.17) is 9.47 Å². The van der Waals surface area contributed by atoms with E-state index in [1.807, 2.05) is 25.3 Å². The van der Waals surface area contributed by atoms with Crippen LogP contribution < -0.4 is 10.6 Å². The van der Waals surface area contributed by atoms with E-state index in [1.54, 1.807) is 32.9 Å². The van der Waals surface area contributed by atoms with Gasteiger partial charge < -0.3 is 20.1 Å². The summed E-state index contributed by atoms with van der Waals surface area (Å²) >= 11 is 1.37. The molecule has 2 N–H and O–H groups in total. The highest BCUT2D eigenvalue weighted by Gasteiger charge is 2.39. The number of hydrogen-bond acceptors (Lipinski definition) is 6. The highest BCUT2D eigenvalue weighted by atomic mass is 32.1. The van der Waals surface area contributed by atoms with Gasteiger partial charge in [-0.3, -0.25) is 9.59 Å². The predicted octanol–water partition coefficient (Wildman–Crippen LogP) is 4.23. The van der Waals surface area contributed by atoms with E-state index in [2.05, 4.69) is 10.6 Å². The number of hydrogen-bond donors (Lipinski definition) is 2. The largest absolute Gasteiger partial charge is 0.444 e. The number of rotatable bonds is 8. The number of amides is 2. The second-order valence-corrected chi connectivity index (χ2v) is 9.67. The molecule has 2 rings (SSSR count). The normalized spacial score (nSPS) is 21.4. The first kappa shape index (κ1) is 25.1. The van der Waals surface area contributed by atoms with Crippen LogP contribution in [0.5, 0.6) is 0 Å². The first-order chi connectivity index (χ1) is 14.5. The molecule has 0 bridgehead atoms. The Bertz CT molecular complexity index is 793. The number of thiophene rings is 1. The van der Waals surface area contributed by atoms with Crippen LogP contribution in [0, 0.1) is 0 Å². The van der Waals surface area contributed by atoms with Gasteiger partial charge in [-0.25, -0.2) is 4.79 Å². The van der Waals surface area contributed by atoms with Crippen LogP contribution in [-0.4, -0.2) is 47.7 Å². The zero-order valence-corrected chi connectivity index (χ0v) is 20.0. The minimum absolute atomic E-state index is 0.0316. The van der Waals surface area contributed by atoms with Crippen LogP contribution in [0.2, 0.25) is 0 Å². The van der Waals surface area contributed by atoms with Gasteiger partial charge in [0, 0.05) is 12.5 Å². The molecule has 0 spiro atoms. The van der Waals surface area contributed by atoms with Gasteiger partial charge in [-0.15, -0.1) is 11.3 Å². The van der Waals surface area contributed by atoms with Gasteiger partial charge in [0.1, 0.15) is 5.60 Å². The first-order valence-corrected chi connectivity index (χ1v) is 11.6. The van der Waals surface area contributed by atoms with Crippen LogP contribution >= 0.6 is 11.3 Å². The van der Waals surface area contributed by atoms with Crippen molar-refractivity contribution in [2.45, 2.75) is 90.7 Å². The van der Waals surface area contributed by atoms with E-state index in [1.165, 1.54) is 18.3 Å². The number of alkyl carbamates (subject to hydrolysis) is 1. The average Bonchev–Trinajstić information content (AvgIpc) is 3.20. The molecule has 31 heavy (non-hydrogen) atoms. The summed E-state index contributed by atoms with van der Waals surface area (Å²) in [6.07, 6.45) is 2.48. The van der Waals surface area contributed by atoms with Crippen molar-refractivity contribution in [1.82, 2.24) is 10.6 Å². The van der Waals surface area contributed by atoms with Crippen molar-refractivity contribution in [3.63, 3.8) is 0 Å². The van der Waals surface area contributed by atoms with Gasteiger partial charge in [-0.2, -0.15) is 0 Å². The smallest absolute Gasteiger partial charge is 0.407 e. The Morgan fingerprint density at radius 1 is 1.19 bits per heavy atom. The minimum atomic E-state index is -0.668. The highest BCUT2D eigenvalue weighted by Crippen LogP contribution is 2.28. The number of carbonyl (C=O) groups is 3. The van der Waals surface area contributed by atoms with Gasteiger partial charge in [0.25, 0.3) is 0 Å². The molecular weight excluding hydrogens is 416 g/mol. The lowest BCUT2D eigenvalue weighted by molar-refractivity contribution is -0.121. The van der Waals surface area contributed by atoms with Crippen molar-refractivity contribution >= 4 is 29.1 Å². The van der Waals surface area contributed by atoms with Gasteiger partial charge in [0.05, 0.1) is 29.2 Å². The molecule has 3 atom stereocenters. The summed E-state index contributed by atoms with van der Waals surface area (Å²) in [7, 11) is 0. The number of Topliss-reactive ketones (excluding diaryl/α,β-unsaturated/α-hetero) is 1. The lowest BCUT2D eigenvalue weighted by Crippen LogP contribution is -2.60. The van der Waals surface area contributed by atoms with Crippen LogP contribution in [0.15, 0.2) is 29.2 Å². The van der Waals surface area contributed by atoms with E-state index < -0.39 is 29.9 Å². The van der Waals surface area contributed by atoms with Gasteiger partial charge in [0.15, 0.2) is 5.78 Å². The molecule has 0 unspecified atom stereocenters. The highest BCUT2D eigenvalue weighted by molar-refractivity contribution is 7.12. The van der Waals surface area contributed by atoms with Crippen molar-refractivity contribution in [2.75, 3.05) is 0 Å². The average molecular weight is 451 g/mol. The van der Waals surface area contributed by atoms with Crippen molar-refractivity contribution < 1.29 is 23.9 Å². The Balaban J connectivity index is 2.38. The summed E-state index contributed by atoms with van der Waals surface area (Å²) in [6.45, 7) is 10.8. The van der Waals surface area contributed by atoms with Crippen LogP contribution in [-0.2, 0) is 14.3 Å². The molecule has 172 valence electrons. The van der Waals surface area contributed by atoms with Crippen molar-refractivity contribution in [3.8, 4) is 0 Å². The van der Waals surface area contributed by atoms with Crippen LogP contribution in [0.4, 0.5) is 4.79 Å². The molecule has 0 saturated carbocycles. The van der Waals surface area contributed by atoms with E-state index in [0.29, 0.717) is 10.5 Å². The Morgan fingerprint density at radius 3 is 2.39 bits per heavy atom. The van der Waals surface area contributed by atoms with E-state index in [9.17, 15) is 14.4 Å². The lowest BCUT2D eigenvalue weighted by atomic mass is 9.85. The van der Waals surface area contributed by atoms with E-state index in [-0.39, 0.29) is 24.2 Å². The Kier molecular flexibility index (Phi) is 8.82. The maximum atomic E-state index is 13.1. The predicted molar refractivity (Wildman–Crippen MR) is 121 cm³/mol. The quantitative estimate of drug-likeness (QED) is 0.578. The van der Waals surface area contributed by atoms with Gasteiger partial charge in [-0.1, -0.05) is 19.9 Å². The number of nitrogens with one attached hydrogen (secondary N) is 2. The molecule has 1 heterocycles. The number of ketones is 1. The monoisotopic (exact) mass is 450 g/mol. The Hall–Kier alpha value is -2.19. The Labute approximate surface area is 188 Å². The summed E-state index contributed by atoms with van der Waals surface area (Å²) in [4.78, 5) is 38.2. The molecular formula is C23H34N2O5S. The standard InChI is InChI=1S/C23H34N2O5S/c1-7-16(8-2)29-18-13-15(21(27)19-10-9-11-31-19)12-17(20(18)24-14(3)26)25-22(28)30-23(4,5)6/h9-11,13,16-18,20H,7-8,12H2,1-6H3,(H,24,26)(H,25,28)/t17-,18+,20+/m0/s1. The second-order valence-electron chi connectivity index (χ2n) is 8.72. The van der Waals surface area contributed by atoms with Crippen molar-refractivity contribution in [1.29, 1.82) is 0 Å². The zero-order chi connectivity index (χ0) is 23.2. The van der Waals surface area contributed by atoms with Crippen LogP contribution in [0.1, 0.15) is 70.5 Å². The fourth-order valence-corrected chi connectivity index (χ4v) is 4.24. The summed E-state index contributed by atoms with van der Waals surface area (Å²) in [5.74, 6) is -0.328.